The minimum absolute atomic E-state index is 0.0281. The van der Waals surface area contributed by atoms with Crippen LogP contribution in [0.4, 0.5) is 0 Å². The molecule has 0 fully saturated rings. The fraction of sp³-hybridized carbons (Fsp3) is 0.500. The summed E-state index contributed by atoms with van der Waals surface area (Å²) in [6.07, 6.45) is 6.71. The van der Waals surface area contributed by atoms with Crippen LogP contribution in [0.3, 0.4) is 0 Å². The summed E-state index contributed by atoms with van der Waals surface area (Å²) < 4.78 is 10.4. The SMILES string of the molecule is CCCn1ccnc1C(NC)c1cnsn1. The molecule has 0 spiro atoms. The Labute approximate surface area is 98.9 Å². The van der Waals surface area contributed by atoms with E-state index in [-0.39, 0.29) is 6.04 Å². The number of hydrogen-bond donors (Lipinski definition) is 1. The molecule has 0 saturated heterocycles. The summed E-state index contributed by atoms with van der Waals surface area (Å²) in [5.41, 5.74) is 0.927. The highest BCUT2D eigenvalue weighted by atomic mass is 32.1. The third kappa shape index (κ3) is 2.12. The maximum atomic E-state index is 4.40. The molecule has 1 unspecified atom stereocenters. The molecular formula is C10H15N5S. The van der Waals surface area contributed by atoms with Crippen molar-refractivity contribution in [3.05, 3.63) is 30.1 Å². The molecule has 2 rings (SSSR count). The molecule has 0 radical (unpaired) electrons. The van der Waals surface area contributed by atoms with Crippen molar-refractivity contribution in [2.45, 2.75) is 25.9 Å². The normalized spacial score (nSPS) is 12.9. The number of nitrogens with one attached hydrogen (secondary N) is 1. The molecule has 0 aliphatic carbocycles. The van der Waals surface area contributed by atoms with Gasteiger partial charge >= 0.3 is 0 Å². The number of imidazole rings is 1. The minimum atomic E-state index is 0.0281. The summed E-state index contributed by atoms with van der Waals surface area (Å²) in [6.45, 7) is 3.13. The Kier molecular flexibility index (Phi) is 3.63. The predicted octanol–water partition coefficient (Wildman–Crippen LogP) is 1.45. The number of hydrogen-bond acceptors (Lipinski definition) is 5. The van der Waals surface area contributed by atoms with E-state index in [4.69, 9.17) is 0 Å². The van der Waals surface area contributed by atoms with Crippen LogP contribution in [0.2, 0.25) is 0 Å². The first-order chi connectivity index (χ1) is 7.86. The van der Waals surface area contributed by atoms with Gasteiger partial charge in [-0.05, 0) is 13.5 Å². The first-order valence-electron chi connectivity index (χ1n) is 5.32. The fourth-order valence-electron chi connectivity index (χ4n) is 1.72. The van der Waals surface area contributed by atoms with Gasteiger partial charge in [0.25, 0.3) is 0 Å². The highest BCUT2D eigenvalue weighted by molar-refractivity contribution is 6.99. The number of nitrogens with zero attached hydrogens (tertiary/aromatic N) is 4. The van der Waals surface area contributed by atoms with E-state index in [0.717, 1.165) is 24.5 Å². The van der Waals surface area contributed by atoms with Crippen LogP contribution in [-0.2, 0) is 6.54 Å². The molecule has 6 heteroatoms. The van der Waals surface area contributed by atoms with Crippen molar-refractivity contribution in [1.82, 2.24) is 23.6 Å². The van der Waals surface area contributed by atoms with Crippen LogP contribution in [0.15, 0.2) is 18.6 Å². The molecule has 16 heavy (non-hydrogen) atoms. The lowest BCUT2D eigenvalue weighted by molar-refractivity contribution is 0.562. The first kappa shape index (κ1) is 11.2. The van der Waals surface area contributed by atoms with E-state index in [1.54, 1.807) is 6.20 Å². The summed E-state index contributed by atoms with van der Waals surface area (Å²) in [7, 11) is 1.91. The Hall–Kier alpha value is -1.27. The summed E-state index contributed by atoms with van der Waals surface area (Å²) in [4.78, 5) is 4.40. The Morgan fingerprint density at radius 3 is 3.06 bits per heavy atom. The summed E-state index contributed by atoms with van der Waals surface area (Å²) in [5, 5.41) is 3.23. The molecule has 0 saturated carbocycles. The van der Waals surface area contributed by atoms with Gasteiger partial charge in [0.05, 0.1) is 23.6 Å². The molecule has 2 heterocycles. The van der Waals surface area contributed by atoms with Crippen molar-refractivity contribution in [2.75, 3.05) is 7.05 Å². The molecule has 86 valence electrons. The standard InChI is InChI=1S/C10H15N5S/c1-3-5-15-6-4-12-10(15)9(11-2)8-7-13-16-14-8/h4,6-7,9,11H,3,5H2,1-2H3. The average molecular weight is 237 g/mol. The minimum Gasteiger partial charge on any atom is -0.333 e. The topological polar surface area (TPSA) is 55.6 Å². The smallest absolute Gasteiger partial charge is 0.132 e. The zero-order chi connectivity index (χ0) is 11.4. The lowest BCUT2D eigenvalue weighted by Crippen LogP contribution is -2.22. The monoisotopic (exact) mass is 237 g/mol. The largest absolute Gasteiger partial charge is 0.333 e. The molecule has 0 aromatic carbocycles. The lowest BCUT2D eigenvalue weighted by atomic mass is 10.2. The predicted molar refractivity (Wildman–Crippen MR) is 63.3 cm³/mol. The molecule has 5 nitrogen and oxygen atoms in total. The Balaban J connectivity index is 2.30. The number of rotatable bonds is 5. The molecule has 0 aliphatic heterocycles. The van der Waals surface area contributed by atoms with E-state index in [9.17, 15) is 0 Å². The highest BCUT2D eigenvalue weighted by Gasteiger charge is 2.19. The van der Waals surface area contributed by atoms with Gasteiger partial charge in [0.15, 0.2) is 0 Å². The Morgan fingerprint density at radius 1 is 1.56 bits per heavy atom. The second kappa shape index (κ2) is 5.18. The van der Waals surface area contributed by atoms with Crippen LogP contribution in [0.5, 0.6) is 0 Å². The van der Waals surface area contributed by atoms with Crippen molar-refractivity contribution < 1.29 is 0 Å². The molecule has 2 aromatic heterocycles. The number of aryl methyl sites for hydroxylation is 1. The zero-order valence-electron chi connectivity index (χ0n) is 9.42. The van der Waals surface area contributed by atoms with Crippen LogP contribution in [0.1, 0.15) is 30.9 Å². The second-order valence-corrected chi connectivity index (χ2v) is 4.09. The summed E-state index contributed by atoms with van der Waals surface area (Å²) in [5.74, 6) is 0.997. The molecule has 1 N–H and O–H groups in total. The van der Waals surface area contributed by atoms with Crippen LogP contribution in [-0.4, -0.2) is 25.3 Å². The van der Waals surface area contributed by atoms with Crippen LogP contribution >= 0.6 is 11.7 Å². The van der Waals surface area contributed by atoms with Gasteiger partial charge in [0.2, 0.25) is 0 Å². The molecule has 1 atom stereocenters. The van der Waals surface area contributed by atoms with Gasteiger partial charge in [-0.2, -0.15) is 8.75 Å². The average Bonchev–Trinajstić information content (AvgIpc) is 2.92. The van der Waals surface area contributed by atoms with E-state index in [1.165, 1.54) is 11.7 Å². The van der Waals surface area contributed by atoms with Gasteiger partial charge in [0, 0.05) is 18.9 Å². The van der Waals surface area contributed by atoms with Crippen LogP contribution < -0.4 is 5.32 Å². The van der Waals surface area contributed by atoms with Gasteiger partial charge in [-0.15, -0.1) is 0 Å². The quantitative estimate of drug-likeness (QED) is 0.855. The van der Waals surface area contributed by atoms with E-state index < -0.39 is 0 Å². The van der Waals surface area contributed by atoms with Gasteiger partial charge in [-0.25, -0.2) is 4.98 Å². The van der Waals surface area contributed by atoms with Crippen molar-refractivity contribution in [1.29, 1.82) is 0 Å². The molecular weight excluding hydrogens is 222 g/mol. The van der Waals surface area contributed by atoms with Gasteiger partial charge in [-0.3, -0.25) is 0 Å². The molecule has 0 bridgehead atoms. The molecule has 2 aromatic rings. The van der Waals surface area contributed by atoms with Crippen molar-refractivity contribution >= 4 is 11.7 Å². The van der Waals surface area contributed by atoms with Crippen molar-refractivity contribution in [3.8, 4) is 0 Å². The van der Waals surface area contributed by atoms with Gasteiger partial charge < -0.3 is 9.88 Å². The second-order valence-electron chi connectivity index (χ2n) is 3.53. The molecule has 0 aliphatic rings. The Bertz CT molecular complexity index is 422. The zero-order valence-corrected chi connectivity index (χ0v) is 10.2. The van der Waals surface area contributed by atoms with E-state index in [2.05, 4.69) is 30.5 Å². The molecule has 0 amide bonds. The van der Waals surface area contributed by atoms with Crippen LogP contribution in [0, 0.1) is 0 Å². The van der Waals surface area contributed by atoms with E-state index >= 15 is 0 Å². The van der Waals surface area contributed by atoms with Crippen molar-refractivity contribution in [3.63, 3.8) is 0 Å². The number of aromatic nitrogens is 4. The van der Waals surface area contributed by atoms with Gasteiger partial charge in [0.1, 0.15) is 11.9 Å². The summed E-state index contributed by atoms with van der Waals surface area (Å²) >= 11 is 1.22. The maximum Gasteiger partial charge on any atom is 0.132 e. The Morgan fingerprint density at radius 2 is 2.44 bits per heavy atom. The van der Waals surface area contributed by atoms with Gasteiger partial charge in [-0.1, -0.05) is 6.92 Å². The fourth-order valence-corrected chi connectivity index (χ4v) is 2.17. The lowest BCUT2D eigenvalue weighted by Gasteiger charge is -2.14. The summed E-state index contributed by atoms with van der Waals surface area (Å²) in [6, 6.07) is 0.0281. The van der Waals surface area contributed by atoms with E-state index in [1.807, 2.05) is 19.4 Å². The third-order valence-electron chi connectivity index (χ3n) is 2.43. The van der Waals surface area contributed by atoms with E-state index in [0.29, 0.717) is 0 Å². The first-order valence-corrected chi connectivity index (χ1v) is 6.05. The maximum absolute atomic E-state index is 4.40. The highest BCUT2D eigenvalue weighted by Crippen LogP contribution is 2.18. The third-order valence-corrected chi connectivity index (χ3v) is 2.93. The van der Waals surface area contributed by atoms with Crippen molar-refractivity contribution in [2.24, 2.45) is 0 Å². The van der Waals surface area contributed by atoms with Crippen LogP contribution in [0.25, 0.3) is 0 Å².